The van der Waals surface area contributed by atoms with Crippen molar-refractivity contribution >= 4 is 24.2 Å². The van der Waals surface area contributed by atoms with Crippen LogP contribution in [0.4, 0.5) is 0 Å². The Hall–Kier alpha value is -2.29. The van der Waals surface area contributed by atoms with Gasteiger partial charge in [-0.2, -0.15) is 0 Å². The number of pyridine rings is 1. The molecule has 3 heteroatoms. The van der Waals surface area contributed by atoms with Crippen LogP contribution in [0.25, 0.3) is 22.2 Å². The van der Waals surface area contributed by atoms with Gasteiger partial charge in [0.2, 0.25) is 0 Å². The van der Waals surface area contributed by atoms with Crippen LogP contribution in [-0.2, 0) is 0 Å². The highest BCUT2D eigenvalue weighted by Crippen LogP contribution is 2.21. The minimum Gasteiger partial charge on any atom is -0.354 e. The second-order valence-corrected chi connectivity index (χ2v) is 4.62. The predicted molar refractivity (Wildman–Crippen MR) is 80.1 cm³/mol. The number of benzene rings is 2. The first-order valence-electron chi connectivity index (χ1n) is 6.14. The maximum atomic E-state index is 12.3. The average Bonchev–Trinajstić information content (AvgIpc) is 2.44. The Morgan fingerprint density at radius 1 is 1.00 bits per heavy atom. The van der Waals surface area contributed by atoms with E-state index in [0.717, 1.165) is 27.7 Å². The molecule has 3 rings (SSSR count). The van der Waals surface area contributed by atoms with Gasteiger partial charge in [-0.25, -0.2) is 0 Å². The first kappa shape index (κ1) is 11.8. The monoisotopic (exact) mass is 245 g/mol. The van der Waals surface area contributed by atoms with Crippen molar-refractivity contribution < 1.29 is 0 Å². The molecule has 1 aromatic heterocycles. The van der Waals surface area contributed by atoms with Gasteiger partial charge in [0.15, 0.2) is 5.43 Å². The van der Waals surface area contributed by atoms with Crippen LogP contribution in [0.3, 0.4) is 0 Å². The molecule has 0 amide bonds. The summed E-state index contributed by atoms with van der Waals surface area (Å²) >= 11 is 0. The van der Waals surface area contributed by atoms with E-state index in [0.29, 0.717) is 5.46 Å². The number of hydrogen-bond donors (Lipinski definition) is 1. The summed E-state index contributed by atoms with van der Waals surface area (Å²) in [5, 5.41) is 0.721. The number of rotatable bonds is 1. The third-order valence-corrected chi connectivity index (χ3v) is 3.35. The molecule has 2 aromatic carbocycles. The van der Waals surface area contributed by atoms with Crippen molar-refractivity contribution in [3.8, 4) is 11.3 Å². The van der Waals surface area contributed by atoms with Crippen molar-refractivity contribution in [3.05, 3.63) is 64.3 Å². The fraction of sp³-hybridized carbons (Fsp3) is 0.0625. The SMILES string of the molecule is [B]c1ccc(-c2[nH]c3ccccc3c(=O)c2C)cc1. The zero-order valence-electron chi connectivity index (χ0n) is 10.6. The van der Waals surface area contributed by atoms with Crippen LogP contribution in [-0.4, -0.2) is 12.8 Å². The highest BCUT2D eigenvalue weighted by molar-refractivity contribution is 6.32. The van der Waals surface area contributed by atoms with Gasteiger partial charge in [-0.15, -0.1) is 0 Å². The van der Waals surface area contributed by atoms with Gasteiger partial charge >= 0.3 is 0 Å². The van der Waals surface area contributed by atoms with Gasteiger partial charge < -0.3 is 4.98 Å². The largest absolute Gasteiger partial charge is 0.354 e. The minimum atomic E-state index is 0.0705. The second kappa shape index (κ2) is 4.43. The van der Waals surface area contributed by atoms with E-state index in [1.807, 2.05) is 55.5 Å². The van der Waals surface area contributed by atoms with Crippen molar-refractivity contribution in [1.82, 2.24) is 4.98 Å². The van der Waals surface area contributed by atoms with Crippen molar-refractivity contribution in [2.24, 2.45) is 0 Å². The number of nitrogens with one attached hydrogen (secondary N) is 1. The zero-order valence-corrected chi connectivity index (χ0v) is 10.6. The summed E-state index contributed by atoms with van der Waals surface area (Å²) in [6, 6.07) is 15.1. The number of hydrogen-bond acceptors (Lipinski definition) is 1. The van der Waals surface area contributed by atoms with Crippen LogP contribution < -0.4 is 10.9 Å². The summed E-state index contributed by atoms with van der Waals surface area (Å²) < 4.78 is 0. The summed E-state index contributed by atoms with van der Waals surface area (Å²) in [6.45, 7) is 1.84. The van der Waals surface area contributed by atoms with Crippen molar-refractivity contribution in [2.45, 2.75) is 6.92 Å². The lowest BCUT2D eigenvalue weighted by Crippen LogP contribution is -2.09. The minimum absolute atomic E-state index is 0.0705. The van der Waals surface area contributed by atoms with Gasteiger partial charge in [-0.05, 0) is 24.6 Å². The van der Waals surface area contributed by atoms with E-state index in [1.165, 1.54) is 0 Å². The molecule has 0 aliphatic rings. The molecule has 0 spiro atoms. The fourth-order valence-corrected chi connectivity index (χ4v) is 2.27. The lowest BCUT2D eigenvalue weighted by Gasteiger charge is -2.09. The van der Waals surface area contributed by atoms with E-state index in [-0.39, 0.29) is 5.43 Å². The normalized spacial score (nSPS) is 10.8. The number of aromatic nitrogens is 1. The Kier molecular flexibility index (Phi) is 2.75. The van der Waals surface area contributed by atoms with E-state index < -0.39 is 0 Å². The molecule has 0 unspecified atom stereocenters. The van der Waals surface area contributed by atoms with Crippen LogP contribution in [0.1, 0.15) is 5.56 Å². The summed E-state index contributed by atoms with van der Waals surface area (Å²) in [5.41, 5.74) is 4.18. The van der Waals surface area contributed by atoms with Crippen LogP contribution in [0.2, 0.25) is 0 Å². The van der Waals surface area contributed by atoms with Gasteiger partial charge in [0.05, 0.1) is 5.69 Å². The third kappa shape index (κ3) is 1.97. The zero-order chi connectivity index (χ0) is 13.4. The molecule has 1 heterocycles. The smallest absolute Gasteiger partial charge is 0.192 e. The van der Waals surface area contributed by atoms with Gasteiger partial charge in [0.25, 0.3) is 0 Å². The van der Waals surface area contributed by atoms with Gasteiger partial charge in [-0.1, -0.05) is 41.9 Å². The summed E-state index contributed by atoms with van der Waals surface area (Å²) in [7, 11) is 5.69. The Labute approximate surface area is 112 Å². The van der Waals surface area contributed by atoms with Crippen LogP contribution >= 0.6 is 0 Å². The molecule has 0 bridgehead atoms. The predicted octanol–water partition coefficient (Wildman–Crippen LogP) is 2.30. The lowest BCUT2D eigenvalue weighted by atomic mass is 9.94. The molecule has 2 nitrogen and oxygen atoms in total. The Balaban J connectivity index is 2.33. The lowest BCUT2D eigenvalue weighted by molar-refractivity contribution is 1.30. The summed E-state index contributed by atoms with van der Waals surface area (Å²) in [5.74, 6) is 0. The maximum Gasteiger partial charge on any atom is 0.192 e. The fourth-order valence-electron chi connectivity index (χ4n) is 2.27. The van der Waals surface area contributed by atoms with E-state index in [9.17, 15) is 4.79 Å². The molecule has 0 saturated carbocycles. The van der Waals surface area contributed by atoms with E-state index in [1.54, 1.807) is 0 Å². The van der Waals surface area contributed by atoms with Crippen LogP contribution in [0.5, 0.6) is 0 Å². The number of aromatic amines is 1. The third-order valence-electron chi connectivity index (χ3n) is 3.35. The van der Waals surface area contributed by atoms with Crippen molar-refractivity contribution in [3.63, 3.8) is 0 Å². The molecule has 0 aliphatic heterocycles. The molecule has 0 fully saturated rings. The molecule has 2 radical (unpaired) electrons. The Morgan fingerprint density at radius 2 is 1.68 bits per heavy atom. The first-order chi connectivity index (χ1) is 9.16. The number of para-hydroxylation sites is 1. The highest BCUT2D eigenvalue weighted by atomic mass is 16.1. The molecule has 0 saturated heterocycles. The molecule has 90 valence electrons. The van der Waals surface area contributed by atoms with E-state index in [2.05, 4.69) is 4.98 Å². The van der Waals surface area contributed by atoms with Crippen molar-refractivity contribution in [1.29, 1.82) is 0 Å². The van der Waals surface area contributed by atoms with Gasteiger partial charge in [0.1, 0.15) is 7.85 Å². The first-order valence-corrected chi connectivity index (χ1v) is 6.14. The molecular formula is C16H12BNO. The van der Waals surface area contributed by atoms with Gasteiger partial charge in [-0.3, -0.25) is 4.79 Å². The average molecular weight is 245 g/mol. The van der Waals surface area contributed by atoms with Crippen molar-refractivity contribution in [2.75, 3.05) is 0 Å². The molecule has 0 aliphatic carbocycles. The highest BCUT2D eigenvalue weighted by Gasteiger charge is 2.09. The standard InChI is InChI=1S/C16H12BNO/c1-10-15(11-6-8-12(17)9-7-11)18-14-5-3-2-4-13(14)16(10)19/h2-9H,1H3,(H,18,19). The Bertz CT molecular complexity index is 803. The summed E-state index contributed by atoms with van der Waals surface area (Å²) in [6.07, 6.45) is 0. The second-order valence-electron chi connectivity index (χ2n) is 4.62. The quantitative estimate of drug-likeness (QED) is 0.655. The van der Waals surface area contributed by atoms with Gasteiger partial charge in [0, 0.05) is 16.5 Å². The van der Waals surface area contributed by atoms with E-state index in [4.69, 9.17) is 7.85 Å². The Morgan fingerprint density at radius 3 is 2.42 bits per heavy atom. The molecule has 1 N–H and O–H groups in total. The number of fused-ring (bicyclic) bond motifs is 1. The number of H-pyrrole nitrogens is 1. The topological polar surface area (TPSA) is 32.9 Å². The van der Waals surface area contributed by atoms with Crippen LogP contribution in [0, 0.1) is 6.92 Å². The molecule has 0 atom stereocenters. The molecule has 3 aromatic rings. The molecular weight excluding hydrogens is 233 g/mol. The van der Waals surface area contributed by atoms with E-state index >= 15 is 0 Å². The molecule has 19 heavy (non-hydrogen) atoms. The van der Waals surface area contributed by atoms with Crippen LogP contribution in [0.15, 0.2) is 53.3 Å². The summed E-state index contributed by atoms with van der Waals surface area (Å²) in [4.78, 5) is 15.7. The maximum absolute atomic E-state index is 12.3.